The molecule has 1 N–H and O–H groups in total. The summed E-state index contributed by atoms with van der Waals surface area (Å²) in [5, 5.41) is 3.60. The van der Waals surface area contributed by atoms with Crippen molar-refractivity contribution < 1.29 is 9.59 Å². The molecule has 0 radical (unpaired) electrons. The molecule has 0 aliphatic carbocycles. The van der Waals surface area contributed by atoms with Gasteiger partial charge in [0.2, 0.25) is 5.91 Å². The van der Waals surface area contributed by atoms with Crippen molar-refractivity contribution in [1.29, 1.82) is 0 Å². The minimum atomic E-state index is -0.123. The molecule has 1 atom stereocenters. The highest BCUT2D eigenvalue weighted by Crippen LogP contribution is 2.36. The summed E-state index contributed by atoms with van der Waals surface area (Å²) < 4.78 is 1.16. The molecule has 5 nitrogen and oxygen atoms in total. The maximum absolute atomic E-state index is 12.8. The van der Waals surface area contributed by atoms with Gasteiger partial charge in [0.1, 0.15) is 5.01 Å². The number of aromatic nitrogens is 1. The number of nitrogens with zero attached hydrogens (tertiary/aromatic N) is 2. The van der Waals surface area contributed by atoms with E-state index in [1.54, 1.807) is 42.7 Å². The van der Waals surface area contributed by atoms with Gasteiger partial charge >= 0.3 is 0 Å². The molecule has 1 fully saturated rings. The average molecular weight is 391 g/mol. The largest absolute Gasteiger partial charge is 0.355 e. The van der Waals surface area contributed by atoms with E-state index < -0.39 is 0 Å². The highest BCUT2D eigenvalue weighted by molar-refractivity contribution is 7.18. The van der Waals surface area contributed by atoms with E-state index in [9.17, 15) is 9.59 Å². The standard InChI is InChI=1S/C22H21N3O2S/c1-23-21(27)16-11-8-15(9-12-16)10-13-20(26)25-14-4-6-18(25)22-24-17-5-2-3-7-19(17)28-22/h2-3,5,7-13,18H,4,6,14H2,1H3,(H,23,27)/b13-10+. The van der Waals surface area contributed by atoms with E-state index >= 15 is 0 Å². The first-order valence-corrected chi connectivity index (χ1v) is 10.1. The molecule has 3 aromatic rings. The summed E-state index contributed by atoms with van der Waals surface area (Å²) in [4.78, 5) is 31.0. The zero-order valence-corrected chi connectivity index (χ0v) is 16.4. The van der Waals surface area contributed by atoms with Gasteiger partial charge in [0.25, 0.3) is 5.91 Å². The van der Waals surface area contributed by atoms with Crippen LogP contribution in [-0.4, -0.2) is 35.3 Å². The van der Waals surface area contributed by atoms with Gasteiger partial charge in [-0.25, -0.2) is 4.98 Å². The molecule has 6 heteroatoms. The molecular weight excluding hydrogens is 370 g/mol. The molecule has 0 bridgehead atoms. The van der Waals surface area contributed by atoms with Crippen molar-refractivity contribution in [3.63, 3.8) is 0 Å². The van der Waals surface area contributed by atoms with E-state index in [0.29, 0.717) is 5.56 Å². The van der Waals surface area contributed by atoms with E-state index in [2.05, 4.69) is 11.4 Å². The third-order valence-electron chi connectivity index (χ3n) is 4.95. The molecule has 28 heavy (non-hydrogen) atoms. The van der Waals surface area contributed by atoms with Gasteiger partial charge < -0.3 is 10.2 Å². The lowest BCUT2D eigenvalue weighted by atomic mass is 10.1. The van der Waals surface area contributed by atoms with Crippen molar-refractivity contribution in [3.05, 3.63) is 70.7 Å². The number of hydrogen-bond acceptors (Lipinski definition) is 4. The molecule has 2 heterocycles. The fraction of sp³-hybridized carbons (Fsp3) is 0.227. The lowest BCUT2D eigenvalue weighted by Gasteiger charge is -2.21. The number of hydrogen-bond donors (Lipinski definition) is 1. The Morgan fingerprint density at radius 2 is 1.96 bits per heavy atom. The SMILES string of the molecule is CNC(=O)c1ccc(/C=C/C(=O)N2CCCC2c2nc3ccccc3s2)cc1. The van der Waals surface area contributed by atoms with Gasteiger partial charge in [-0.15, -0.1) is 11.3 Å². The number of rotatable bonds is 4. The van der Waals surface area contributed by atoms with Crippen molar-refractivity contribution in [1.82, 2.24) is 15.2 Å². The molecule has 1 aliphatic rings. The number of nitrogens with one attached hydrogen (secondary N) is 1. The van der Waals surface area contributed by atoms with E-state index in [1.165, 1.54) is 0 Å². The third-order valence-corrected chi connectivity index (χ3v) is 6.09. The second kappa shape index (κ2) is 7.94. The van der Waals surface area contributed by atoms with Crippen LogP contribution in [0.4, 0.5) is 0 Å². The molecule has 1 aromatic heterocycles. The van der Waals surface area contributed by atoms with Gasteiger partial charge in [-0.3, -0.25) is 9.59 Å². The first-order chi connectivity index (χ1) is 13.7. The molecule has 1 unspecified atom stereocenters. The van der Waals surface area contributed by atoms with E-state index in [0.717, 1.165) is 40.2 Å². The van der Waals surface area contributed by atoms with Gasteiger partial charge in [-0.1, -0.05) is 24.3 Å². The van der Waals surface area contributed by atoms with E-state index in [-0.39, 0.29) is 17.9 Å². The molecule has 2 aromatic carbocycles. The number of carbonyl (C=O) groups excluding carboxylic acids is 2. The van der Waals surface area contributed by atoms with Gasteiger partial charge in [0.15, 0.2) is 0 Å². The Balaban J connectivity index is 1.49. The molecule has 142 valence electrons. The number of benzene rings is 2. The second-order valence-corrected chi connectivity index (χ2v) is 7.81. The Hall–Kier alpha value is -2.99. The minimum Gasteiger partial charge on any atom is -0.355 e. The Morgan fingerprint density at radius 1 is 1.18 bits per heavy atom. The fourth-order valence-electron chi connectivity index (χ4n) is 3.47. The molecule has 0 spiro atoms. The monoisotopic (exact) mass is 391 g/mol. The number of carbonyl (C=O) groups is 2. The Kier molecular flexibility index (Phi) is 5.21. The summed E-state index contributed by atoms with van der Waals surface area (Å²) in [5.74, 6) is -0.125. The van der Waals surface area contributed by atoms with Crippen LogP contribution in [-0.2, 0) is 4.79 Å². The van der Waals surface area contributed by atoms with Gasteiger partial charge in [0, 0.05) is 25.2 Å². The third kappa shape index (κ3) is 3.68. The first kappa shape index (κ1) is 18.4. The number of likely N-dealkylation sites (tertiary alicyclic amines) is 1. The Morgan fingerprint density at radius 3 is 2.71 bits per heavy atom. The topological polar surface area (TPSA) is 62.3 Å². The molecule has 4 rings (SSSR count). The molecule has 1 aliphatic heterocycles. The van der Waals surface area contributed by atoms with Crippen molar-refractivity contribution in [2.75, 3.05) is 13.6 Å². The van der Waals surface area contributed by atoms with Crippen LogP contribution in [0.25, 0.3) is 16.3 Å². The fourth-order valence-corrected chi connectivity index (χ4v) is 4.59. The van der Waals surface area contributed by atoms with E-state index in [1.807, 2.05) is 35.2 Å². The van der Waals surface area contributed by atoms with Crippen LogP contribution in [0.1, 0.15) is 39.8 Å². The van der Waals surface area contributed by atoms with Crippen LogP contribution in [0, 0.1) is 0 Å². The zero-order chi connectivity index (χ0) is 19.5. The number of para-hydroxylation sites is 1. The predicted molar refractivity (Wildman–Crippen MR) is 112 cm³/mol. The van der Waals surface area contributed by atoms with Gasteiger partial charge in [0.05, 0.1) is 16.3 Å². The number of thiazole rings is 1. The summed E-state index contributed by atoms with van der Waals surface area (Å²) >= 11 is 1.67. The molecule has 1 saturated heterocycles. The van der Waals surface area contributed by atoms with Gasteiger partial charge in [-0.2, -0.15) is 0 Å². The number of fused-ring (bicyclic) bond motifs is 1. The Labute approximate surface area is 167 Å². The van der Waals surface area contributed by atoms with Crippen molar-refractivity contribution in [2.24, 2.45) is 0 Å². The summed E-state index contributed by atoms with van der Waals surface area (Å²) in [6.45, 7) is 0.749. The maximum atomic E-state index is 12.8. The quantitative estimate of drug-likeness (QED) is 0.683. The first-order valence-electron chi connectivity index (χ1n) is 9.32. The van der Waals surface area contributed by atoms with E-state index in [4.69, 9.17) is 4.98 Å². The van der Waals surface area contributed by atoms with Crippen LogP contribution >= 0.6 is 11.3 Å². The number of amides is 2. The maximum Gasteiger partial charge on any atom is 0.251 e. The lowest BCUT2D eigenvalue weighted by molar-refractivity contribution is -0.126. The second-order valence-electron chi connectivity index (χ2n) is 6.74. The average Bonchev–Trinajstić information content (AvgIpc) is 3.38. The highest BCUT2D eigenvalue weighted by atomic mass is 32.1. The Bertz CT molecular complexity index is 1010. The minimum absolute atomic E-state index is 0.00265. The smallest absolute Gasteiger partial charge is 0.251 e. The molecule has 0 saturated carbocycles. The lowest BCUT2D eigenvalue weighted by Crippen LogP contribution is -2.28. The van der Waals surface area contributed by atoms with Crippen LogP contribution in [0.3, 0.4) is 0 Å². The highest BCUT2D eigenvalue weighted by Gasteiger charge is 2.31. The molecule has 2 amide bonds. The summed E-state index contributed by atoms with van der Waals surface area (Å²) in [5.41, 5.74) is 2.48. The van der Waals surface area contributed by atoms with Crippen LogP contribution in [0.15, 0.2) is 54.6 Å². The van der Waals surface area contributed by atoms with Crippen LogP contribution in [0.5, 0.6) is 0 Å². The van der Waals surface area contributed by atoms with Gasteiger partial charge in [-0.05, 0) is 48.7 Å². The van der Waals surface area contributed by atoms with Crippen molar-refractivity contribution in [3.8, 4) is 0 Å². The predicted octanol–water partition coefficient (Wildman–Crippen LogP) is 4.03. The van der Waals surface area contributed by atoms with Crippen LogP contribution < -0.4 is 5.32 Å². The van der Waals surface area contributed by atoms with Crippen molar-refractivity contribution >= 4 is 39.4 Å². The zero-order valence-electron chi connectivity index (χ0n) is 15.6. The summed E-state index contributed by atoms with van der Waals surface area (Å²) in [6.07, 6.45) is 5.34. The summed E-state index contributed by atoms with van der Waals surface area (Å²) in [7, 11) is 1.60. The van der Waals surface area contributed by atoms with Crippen LogP contribution in [0.2, 0.25) is 0 Å². The normalized spacial score (nSPS) is 16.8. The summed E-state index contributed by atoms with van der Waals surface area (Å²) in [6, 6.07) is 15.3. The molecular formula is C22H21N3O2S. The van der Waals surface area contributed by atoms with Crippen molar-refractivity contribution in [2.45, 2.75) is 18.9 Å².